The molecule has 0 fully saturated rings. The fraction of sp³-hybridized carbons (Fsp3) is 0.278. The first-order chi connectivity index (χ1) is 10.1. The summed E-state index contributed by atoms with van der Waals surface area (Å²) in [4.78, 5) is 14.7. The summed E-state index contributed by atoms with van der Waals surface area (Å²) in [6.07, 6.45) is 0.885. The zero-order chi connectivity index (χ0) is 15.4. The molecule has 2 aromatic rings. The molecule has 0 unspecified atom stereocenters. The normalized spacial score (nSPS) is 10.4. The zero-order valence-electron chi connectivity index (χ0n) is 12.8. The minimum absolute atomic E-state index is 0.0181. The van der Waals surface area contributed by atoms with Gasteiger partial charge in [0.15, 0.2) is 5.78 Å². The van der Waals surface area contributed by atoms with E-state index < -0.39 is 0 Å². The van der Waals surface area contributed by atoms with Crippen molar-refractivity contribution in [2.75, 3.05) is 18.5 Å². The molecule has 0 saturated carbocycles. The van der Waals surface area contributed by atoms with E-state index in [2.05, 4.69) is 25.8 Å². The Balaban J connectivity index is 2.36. The van der Waals surface area contributed by atoms with Gasteiger partial charge in [-0.15, -0.1) is 0 Å². The largest absolute Gasteiger partial charge is 0.508 e. The molecule has 0 saturated heterocycles. The zero-order valence-corrected chi connectivity index (χ0v) is 12.8. The van der Waals surface area contributed by atoms with Crippen molar-refractivity contribution < 1.29 is 9.90 Å². The smallest absolute Gasteiger partial charge is 0.193 e. The van der Waals surface area contributed by atoms with Crippen LogP contribution < -0.4 is 4.90 Å². The molecule has 2 rings (SSSR count). The van der Waals surface area contributed by atoms with Gasteiger partial charge in [-0.05, 0) is 61.4 Å². The lowest BCUT2D eigenvalue weighted by Gasteiger charge is -2.21. The average molecular weight is 283 g/mol. The number of carbonyl (C=O) groups is 1. The highest BCUT2D eigenvalue weighted by Crippen LogP contribution is 2.23. The molecule has 1 N–H and O–H groups in total. The van der Waals surface area contributed by atoms with Crippen LogP contribution in [0.1, 0.15) is 35.3 Å². The van der Waals surface area contributed by atoms with E-state index in [9.17, 15) is 9.90 Å². The van der Waals surface area contributed by atoms with Crippen LogP contribution in [0.2, 0.25) is 0 Å². The van der Waals surface area contributed by atoms with Crippen molar-refractivity contribution in [3.63, 3.8) is 0 Å². The van der Waals surface area contributed by atoms with Gasteiger partial charge in [0.1, 0.15) is 5.75 Å². The summed E-state index contributed by atoms with van der Waals surface area (Å²) in [5, 5.41) is 9.30. The second kappa shape index (κ2) is 6.44. The van der Waals surface area contributed by atoms with Crippen LogP contribution >= 0.6 is 0 Å². The van der Waals surface area contributed by atoms with E-state index in [1.54, 1.807) is 12.1 Å². The van der Waals surface area contributed by atoms with Crippen molar-refractivity contribution in [1.29, 1.82) is 0 Å². The van der Waals surface area contributed by atoms with Crippen LogP contribution in [-0.4, -0.2) is 24.5 Å². The second-order valence-corrected chi connectivity index (χ2v) is 5.09. The molecule has 0 aromatic heterocycles. The van der Waals surface area contributed by atoms with Gasteiger partial charge in [0.2, 0.25) is 0 Å². The second-order valence-electron chi connectivity index (χ2n) is 5.09. The number of anilines is 1. The predicted octanol–water partition coefficient (Wildman–Crippen LogP) is 3.64. The molecule has 0 spiro atoms. The monoisotopic (exact) mass is 283 g/mol. The van der Waals surface area contributed by atoms with Crippen molar-refractivity contribution >= 4 is 11.5 Å². The molecule has 0 heterocycles. The molecule has 0 radical (unpaired) electrons. The standard InChI is InChI=1S/C18H21NO2/c1-4-13-12-15(8-11-17(13)19(3)5-2)18(21)14-6-9-16(20)10-7-14/h6-12,20H,4-5H2,1-3H3. The maximum absolute atomic E-state index is 12.5. The quantitative estimate of drug-likeness (QED) is 0.852. The Hall–Kier alpha value is -2.29. The third-order valence-electron chi connectivity index (χ3n) is 3.74. The number of nitrogens with zero attached hydrogens (tertiary/aromatic N) is 1. The fourth-order valence-electron chi connectivity index (χ4n) is 2.33. The van der Waals surface area contributed by atoms with Gasteiger partial charge < -0.3 is 10.0 Å². The highest BCUT2D eigenvalue weighted by Gasteiger charge is 2.12. The first kappa shape index (κ1) is 15.1. The number of hydrogen-bond donors (Lipinski definition) is 1. The van der Waals surface area contributed by atoms with Gasteiger partial charge in [-0.2, -0.15) is 0 Å². The number of benzene rings is 2. The summed E-state index contributed by atoms with van der Waals surface area (Å²) >= 11 is 0. The van der Waals surface area contributed by atoms with Crippen LogP contribution in [0.25, 0.3) is 0 Å². The lowest BCUT2D eigenvalue weighted by atomic mass is 9.99. The SMILES string of the molecule is CCc1cc(C(=O)c2ccc(O)cc2)ccc1N(C)CC. The van der Waals surface area contributed by atoms with Crippen molar-refractivity contribution in [3.8, 4) is 5.75 Å². The van der Waals surface area contributed by atoms with E-state index in [0.29, 0.717) is 11.1 Å². The lowest BCUT2D eigenvalue weighted by Crippen LogP contribution is -2.17. The number of phenolic OH excluding ortho intramolecular Hbond substituents is 1. The van der Waals surface area contributed by atoms with Crippen molar-refractivity contribution in [2.24, 2.45) is 0 Å². The molecule has 0 atom stereocenters. The summed E-state index contributed by atoms with van der Waals surface area (Å²) < 4.78 is 0. The highest BCUT2D eigenvalue weighted by atomic mass is 16.3. The molecule has 0 aliphatic carbocycles. The van der Waals surface area contributed by atoms with Gasteiger partial charge in [0.05, 0.1) is 0 Å². The van der Waals surface area contributed by atoms with E-state index in [0.717, 1.165) is 13.0 Å². The fourth-order valence-corrected chi connectivity index (χ4v) is 2.33. The summed E-state index contributed by atoms with van der Waals surface area (Å²) in [6.45, 7) is 5.13. The maximum atomic E-state index is 12.5. The molecule has 110 valence electrons. The predicted molar refractivity (Wildman–Crippen MR) is 86.3 cm³/mol. The van der Waals surface area contributed by atoms with Crippen LogP contribution in [0.4, 0.5) is 5.69 Å². The van der Waals surface area contributed by atoms with Crippen molar-refractivity contribution in [3.05, 3.63) is 59.2 Å². The van der Waals surface area contributed by atoms with Crippen LogP contribution in [0.3, 0.4) is 0 Å². The summed E-state index contributed by atoms with van der Waals surface area (Å²) in [5.41, 5.74) is 3.61. The van der Waals surface area contributed by atoms with Crippen LogP contribution in [0.5, 0.6) is 5.75 Å². The molecular weight excluding hydrogens is 262 g/mol. The first-order valence-corrected chi connectivity index (χ1v) is 7.24. The molecule has 3 nitrogen and oxygen atoms in total. The number of phenols is 1. The molecule has 2 aromatic carbocycles. The van der Waals surface area contributed by atoms with Gasteiger partial charge in [0, 0.05) is 30.4 Å². The lowest BCUT2D eigenvalue weighted by molar-refractivity contribution is 0.103. The summed E-state index contributed by atoms with van der Waals surface area (Å²) in [5.74, 6) is 0.149. The maximum Gasteiger partial charge on any atom is 0.193 e. The number of aryl methyl sites for hydroxylation is 1. The topological polar surface area (TPSA) is 40.5 Å². The molecule has 0 bridgehead atoms. The number of rotatable bonds is 5. The number of ketones is 1. The molecule has 0 aliphatic rings. The van der Waals surface area contributed by atoms with Gasteiger partial charge in [0.25, 0.3) is 0 Å². The Morgan fingerprint density at radius 2 is 1.67 bits per heavy atom. The number of carbonyl (C=O) groups excluding carboxylic acids is 1. The summed E-state index contributed by atoms with van der Waals surface area (Å²) in [6, 6.07) is 12.2. The Labute approximate surface area is 125 Å². The third kappa shape index (κ3) is 3.24. The molecular formula is C18H21NO2. The Kier molecular flexibility index (Phi) is 4.63. The van der Waals surface area contributed by atoms with Crippen molar-refractivity contribution in [2.45, 2.75) is 20.3 Å². The van der Waals surface area contributed by atoms with Gasteiger partial charge in [-0.3, -0.25) is 4.79 Å². The number of hydrogen-bond acceptors (Lipinski definition) is 3. The molecule has 3 heteroatoms. The third-order valence-corrected chi connectivity index (χ3v) is 3.74. The minimum atomic E-state index is -0.0181. The molecule has 0 aliphatic heterocycles. The van der Waals surface area contributed by atoms with E-state index in [-0.39, 0.29) is 11.5 Å². The Morgan fingerprint density at radius 3 is 2.24 bits per heavy atom. The van der Waals surface area contributed by atoms with Gasteiger partial charge >= 0.3 is 0 Å². The van der Waals surface area contributed by atoms with Crippen LogP contribution in [-0.2, 0) is 6.42 Å². The average Bonchev–Trinajstić information content (AvgIpc) is 2.53. The Morgan fingerprint density at radius 1 is 1.05 bits per heavy atom. The Bertz CT molecular complexity index is 632. The molecule has 0 amide bonds. The van der Waals surface area contributed by atoms with E-state index >= 15 is 0 Å². The summed E-state index contributed by atoms with van der Waals surface area (Å²) in [7, 11) is 2.05. The number of aromatic hydroxyl groups is 1. The van der Waals surface area contributed by atoms with Gasteiger partial charge in [-0.25, -0.2) is 0 Å². The molecule has 21 heavy (non-hydrogen) atoms. The van der Waals surface area contributed by atoms with E-state index in [1.165, 1.54) is 23.4 Å². The van der Waals surface area contributed by atoms with Gasteiger partial charge in [-0.1, -0.05) is 6.92 Å². The van der Waals surface area contributed by atoms with Crippen LogP contribution in [0, 0.1) is 0 Å². The minimum Gasteiger partial charge on any atom is -0.508 e. The van der Waals surface area contributed by atoms with E-state index in [4.69, 9.17) is 0 Å². The van der Waals surface area contributed by atoms with Crippen LogP contribution in [0.15, 0.2) is 42.5 Å². The highest BCUT2D eigenvalue weighted by molar-refractivity contribution is 6.09. The van der Waals surface area contributed by atoms with Crippen molar-refractivity contribution in [1.82, 2.24) is 0 Å². The van der Waals surface area contributed by atoms with E-state index in [1.807, 2.05) is 18.2 Å². The first-order valence-electron chi connectivity index (χ1n) is 7.24.